The lowest BCUT2D eigenvalue weighted by Gasteiger charge is -2.20. The molecule has 0 bridgehead atoms. The Morgan fingerprint density at radius 3 is 2.53 bits per heavy atom. The second-order valence-corrected chi connectivity index (χ2v) is 7.64. The van der Waals surface area contributed by atoms with Gasteiger partial charge in [-0.3, -0.25) is 0 Å². The Bertz CT molecular complexity index is 764. The molecule has 0 aliphatic rings. The molecule has 0 aliphatic carbocycles. The number of aromatic nitrogens is 1. The Labute approximate surface area is 178 Å². The van der Waals surface area contributed by atoms with Crippen LogP contribution in [0.25, 0.3) is 0 Å². The van der Waals surface area contributed by atoms with Gasteiger partial charge >= 0.3 is 0 Å². The number of pyridine rings is 1. The molecule has 0 amide bonds. The molecule has 1 aromatic heterocycles. The molecule has 1 unspecified atom stereocenters. The van der Waals surface area contributed by atoms with Gasteiger partial charge in [-0.15, -0.1) is 0 Å². The zero-order valence-corrected chi connectivity index (χ0v) is 18.1. The number of nitrogens with one attached hydrogen (secondary N) is 2. The van der Waals surface area contributed by atoms with Crippen molar-refractivity contribution in [3.63, 3.8) is 0 Å². The summed E-state index contributed by atoms with van der Waals surface area (Å²) in [5.74, 6) is 2.41. The van der Waals surface area contributed by atoms with Crippen molar-refractivity contribution in [2.45, 2.75) is 40.2 Å². The summed E-state index contributed by atoms with van der Waals surface area (Å²) in [6.45, 7) is 8.63. The second-order valence-electron chi connectivity index (χ2n) is 7.64. The number of nitrogens with zero attached hydrogens (tertiary/aromatic N) is 2. The van der Waals surface area contributed by atoms with Gasteiger partial charge in [-0.05, 0) is 61.4 Å². The molecule has 0 fully saturated rings. The molecule has 7 heteroatoms. The van der Waals surface area contributed by atoms with Crippen molar-refractivity contribution in [3.05, 3.63) is 54.0 Å². The number of aliphatic hydroxyl groups is 1. The minimum Gasteiger partial charge on any atom is -0.439 e. The van der Waals surface area contributed by atoms with E-state index in [1.807, 2.05) is 13.0 Å². The monoisotopic (exact) mass is 416 g/mol. The first-order valence-electron chi connectivity index (χ1n) is 10.5. The Morgan fingerprint density at radius 2 is 1.93 bits per heavy atom. The molecule has 6 nitrogen and oxygen atoms in total. The summed E-state index contributed by atoms with van der Waals surface area (Å²) < 4.78 is 18.6. The molecule has 0 radical (unpaired) electrons. The number of aliphatic imine (C=N–C) groups is 1. The Hall–Kier alpha value is -2.67. The highest BCUT2D eigenvalue weighted by Gasteiger charge is 2.11. The molecular formula is C23H33FN4O2. The number of halogens is 1. The third-order valence-corrected chi connectivity index (χ3v) is 4.50. The van der Waals surface area contributed by atoms with Crippen LogP contribution in [0.15, 0.2) is 47.6 Å². The van der Waals surface area contributed by atoms with Gasteiger partial charge in [-0.1, -0.05) is 19.9 Å². The van der Waals surface area contributed by atoms with Crippen LogP contribution < -0.4 is 15.4 Å². The molecule has 0 saturated carbocycles. The first-order chi connectivity index (χ1) is 14.5. The van der Waals surface area contributed by atoms with Crippen LogP contribution in [0.5, 0.6) is 11.6 Å². The third-order valence-electron chi connectivity index (χ3n) is 4.50. The molecule has 164 valence electrons. The molecule has 0 spiro atoms. The van der Waals surface area contributed by atoms with Crippen molar-refractivity contribution in [1.29, 1.82) is 0 Å². The summed E-state index contributed by atoms with van der Waals surface area (Å²) in [4.78, 5) is 8.93. The number of ether oxygens (including phenoxy) is 1. The lowest BCUT2D eigenvalue weighted by molar-refractivity contribution is 0.243. The SMILES string of the molecule is CCNC(=NCc1ccc(Oc2ccc(F)cc2)nc1)NCC(CCO)CC(C)C. The summed E-state index contributed by atoms with van der Waals surface area (Å²) >= 11 is 0. The maximum atomic E-state index is 13.0. The first-order valence-corrected chi connectivity index (χ1v) is 10.5. The molecule has 1 atom stereocenters. The topological polar surface area (TPSA) is 78.8 Å². The number of rotatable bonds is 11. The average molecular weight is 417 g/mol. The molecule has 0 aliphatic heterocycles. The van der Waals surface area contributed by atoms with Crippen LogP contribution in [0.4, 0.5) is 4.39 Å². The fourth-order valence-corrected chi connectivity index (χ4v) is 3.09. The van der Waals surface area contributed by atoms with Gasteiger partial charge in [-0.2, -0.15) is 0 Å². The van der Waals surface area contributed by atoms with Crippen LogP contribution in [0.1, 0.15) is 39.2 Å². The summed E-state index contributed by atoms with van der Waals surface area (Å²) in [6.07, 6.45) is 3.57. The van der Waals surface area contributed by atoms with E-state index in [0.717, 1.165) is 37.5 Å². The van der Waals surface area contributed by atoms with E-state index in [0.29, 0.717) is 30.0 Å². The third kappa shape index (κ3) is 8.78. The molecule has 3 N–H and O–H groups in total. The largest absolute Gasteiger partial charge is 0.439 e. The number of benzene rings is 1. The maximum Gasteiger partial charge on any atom is 0.219 e. The van der Waals surface area contributed by atoms with Crippen LogP contribution in [0.3, 0.4) is 0 Å². The molecule has 0 saturated heterocycles. The standard InChI is InChI=1S/C23H33FN4O2/c1-4-25-23(27-14-18(11-12-29)13-17(2)3)28-16-19-5-10-22(26-15-19)30-21-8-6-20(24)7-9-21/h5-10,15,17-18,29H,4,11-14,16H2,1-3H3,(H2,25,27,28). The minimum absolute atomic E-state index is 0.199. The van der Waals surface area contributed by atoms with Gasteiger partial charge in [0.15, 0.2) is 5.96 Å². The van der Waals surface area contributed by atoms with Crippen LogP contribution in [-0.4, -0.2) is 35.7 Å². The van der Waals surface area contributed by atoms with Crippen LogP contribution in [0, 0.1) is 17.7 Å². The molecule has 1 aromatic carbocycles. The van der Waals surface area contributed by atoms with Crippen molar-refractivity contribution in [3.8, 4) is 11.6 Å². The van der Waals surface area contributed by atoms with Gasteiger partial charge < -0.3 is 20.5 Å². The first kappa shape index (κ1) is 23.6. The minimum atomic E-state index is -0.305. The lowest BCUT2D eigenvalue weighted by Crippen LogP contribution is -2.40. The fourth-order valence-electron chi connectivity index (χ4n) is 3.09. The van der Waals surface area contributed by atoms with E-state index < -0.39 is 0 Å². The van der Waals surface area contributed by atoms with E-state index in [-0.39, 0.29) is 12.4 Å². The van der Waals surface area contributed by atoms with E-state index >= 15 is 0 Å². The second kappa shape index (κ2) is 12.8. The van der Waals surface area contributed by atoms with Gasteiger partial charge in [0.1, 0.15) is 11.6 Å². The van der Waals surface area contributed by atoms with E-state index in [9.17, 15) is 9.50 Å². The van der Waals surface area contributed by atoms with Crippen molar-refractivity contribution in [1.82, 2.24) is 15.6 Å². The van der Waals surface area contributed by atoms with E-state index in [1.165, 1.54) is 12.1 Å². The zero-order chi connectivity index (χ0) is 21.8. The quantitative estimate of drug-likeness (QED) is 0.379. The van der Waals surface area contributed by atoms with Crippen molar-refractivity contribution < 1.29 is 14.2 Å². The summed E-state index contributed by atoms with van der Waals surface area (Å²) in [5.41, 5.74) is 0.952. The molecular weight excluding hydrogens is 383 g/mol. The van der Waals surface area contributed by atoms with Gasteiger partial charge in [0.25, 0.3) is 0 Å². The zero-order valence-electron chi connectivity index (χ0n) is 18.1. The normalized spacial score (nSPS) is 12.7. The number of hydrogen-bond donors (Lipinski definition) is 3. The number of guanidine groups is 1. The Balaban J connectivity index is 1.92. The van der Waals surface area contributed by atoms with Crippen molar-refractivity contribution in [2.75, 3.05) is 19.7 Å². The van der Waals surface area contributed by atoms with E-state index in [1.54, 1.807) is 24.4 Å². The smallest absolute Gasteiger partial charge is 0.219 e. The van der Waals surface area contributed by atoms with Crippen molar-refractivity contribution >= 4 is 5.96 Å². The predicted octanol–water partition coefficient (Wildman–Crippen LogP) is 4.11. The van der Waals surface area contributed by atoms with Gasteiger partial charge in [0.2, 0.25) is 5.88 Å². The lowest BCUT2D eigenvalue weighted by atomic mass is 9.94. The molecule has 2 rings (SSSR count). The van der Waals surface area contributed by atoms with Crippen LogP contribution >= 0.6 is 0 Å². The van der Waals surface area contributed by atoms with Gasteiger partial charge in [0, 0.05) is 32.0 Å². The highest BCUT2D eigenvalue weighted by Crippen LogP contribution is 2.19. The number of hydrogen-bond acceptors (Lipinski definition) is 4. The highest BCUT2D eigenvalue weighted by molar-refractivity contribution is 5.79. The van der Waals surface area contributed by atoms with Gasteiger partial charge in [0.05, 0.1) is 6.54 Å². The molecule has 30 heavy (non-hydrogen) atoms. The highest BCUT2D eigenvalue weighted by atomic mass is 19.1. The van der Waals surface area contributed by atoms with E-state index in [2.05, 4.69) is 34.5 Å². The molecule has 1 heterocycles. The Kier molecular flexibility index (Phi) is 10.1. The average Bonchev–Trinajstić information content (AvgIpc) is 2.72. The fraction of sp³-hybridized carbons (Fsp3) is 0.478. The van der Waals surface area contributed by atoms with Crippen LogP contribution in [0.2, 0.25) is 0 Å². The number of aliphatic hydroxyl groups excluding tert-OH is 1. The van der Waals surface area contributed by atoms with Crippen LogP contribution in [-0.2, 0) is 6.54 Å². The summed E-state index contributed by atoms with van der Waals surface area (Å²) in [5, 5.41) is 15.9. The predicted molar refractivity (Wildman–Crippen MR) is 118 cm³/mol. The van der Waals surface area contributed by atoms with Gasteiger partial charge in [-0.25, -0.2) is 14.4 Å². The Morgan fingerprint density at radius 1 is 1.17 bits per heavy atom. The molecule has 2 aromatic rings. The summed E-state index contributed by atoms with van der Waals surface area (Å²) in [6, 6.07) is 9.50. The van der Waals surface area contributed by atoms with Crippen molar-refractivity contribution in [2.24, 2.45) is 16.8 Å². The summed E-state index contributed by atoms with van der Waals surface area (Å²) in [7, 11) is 0. The maximum absolute atomic E-state index is 13.0. The van der Waals surface area contributed by atoms with E-state index in [4.69, 9.17) is 4.74 Å².